The minimum atomic E-state index is -1.52. The van der Waals surface area contributed by atoms with E-state index in [1.165, 1.54) is 122 Å². The van der Waals surface area contributed by atoms with Gasteiger partial charge in [-0.2, -0.15) is 0 Å². The summed E-state index contributed by atoms with van der Waals surface area (Å²) in [7, 11) is 5.96. The highest BCUT2D eigenvalue weighted by atomic mass is 16.7. The van der Waals surface area contributed by atoms with Gasteiger partial charge in [0.1, 0.15) is 13.2 Å². The zero-order chi connectivity index (χ0) is 57.6. The molecule has 0 aromatic carbocycles. The fourth-order valence-electron chi connectivity index (χ4n) is 8.68. The van der Waals surface area contributed by atoms with E-state index >= 15 is 0 Å². The van der Waals surface area contributed by atoms with Crippen molar-refractivity contribution in [2.45, 2.75) is 270 Å². The Hall–Kier alpha value is -4.05. The summed E-state index contributed by atoms with van der Waals surface area (Å²) >= 11 is 0. The van der Waals surface area contributed by atoms with E-state index in [2.05, 4.69) is 123 Å². The number of quaternary nitrogens is 1. The summed E-state index contributed by atoms with van der Waals surface area (Å²) < 4.78 is 22.9. The molecule has 0 aliphatic heterocycles. The summed E-state index contributed by atoms with van der Waals surface area (Å²) in [5.41, 5.74) is 0. The predicted molar refractivity (Wildman–Crippen MR) is 336 cm³/mol. The summed E-state index contributed by atoms with van der Waals surface area (Å²) in [5, 5.41) is 9.71. The van der Waals surface area contributed by atoms with Crippen LogP contribution in [0.15, 0.2) is 109 Å². The number of carboxylic acid groups (broad SMARTS) is 1. The monoisotopic (exact) mass is 1100 g/mol. The van der Waals surface area contributed by atoms with E-state index in [0.29, 0.717) is 23.9 Å². The molecule has 0 radical (unpaired) electrons. The molecule has 1 N–H and O–H groups in total. The highest BCUT2D eigenvalue weighted by Crippen LogP contribution is 2.17. The molecule has 0 rings (SSSR count). The van der Waals surface area contributed by atoms with Crippen molar-refractivity contribution in [1.82, 2.24) is 0 Å². The van der Waals surface area contributed by atoms with Crippen LogP contribution in [0.4, 0.5) is 0 Å². The number of likely N-dealkylation sites (N-methyl/N-ethyl adjacent to an activating group) is 1. The van der Waals surface area contributed by atoms with Crippen LogP contribution < -0.4 is 0 Å². The third-order valence-electron chi connectivity index (χ3n) is 13.5. The van der Waals surface area contributed by atoms with E-state index in [9.17, 15) is 19.5 Å². The lowest BCUT2D eigenvalue weighted by Gasteiger charge is -2.25. The molecule has 9 nitrogen and oxygen atoms in total. The van der Waals surface area contributed by atoms with E-state index in [4.69, 9.17) is 18.9 Å². The fraction of sp³-hybridized carbons (Fsp3) is 0.700. The first-order chi connectivity index (χ1) is 38.6. The number of carboxylic acids is 1. The number of carbonyl (C=O) groups excluding carboxylic acids is 2. The second kappa shape index (κ2) is 60.1. The minimum Gasteiger partial charge on any atom is -0.477 e. The van der Waals surface area contributed by atoms with Crippen LogP contribution in [-0.4, -0.2) is 87.4 Å². The third-order valence-corrected chi connectivity index (χ3v) is 13.5. The summed E-state index contributed by atoms with van der Waals surface area (Å²) in [6.45, 7) is 4.63. The van der Waals surface area contributed by atoms with Gasteiger partial charge in [0.05, 0.1) is 34.4 Å². The van der Waals surface area contributed by atoms with Crippen molar-refractivity contribution in [1.29, 1.82) is 0 Å². The number of esters is 2. The van der Waals surface area contributed by atoms with Gasteiger partial charge in [-0.25, -0.2) is 4.79 Å². The van der Waals surface area contributed by atoms with Gasteiger partial charge in [0.25, 0.3) is 6.29 Å². The van der Waals surface area contributed by atoms with Gasteiger partial charge in [0.15, 0.2) is 6.10 Å². The van der Waals surface area contributed by atoms with Crippen molar-refractivity contribution in [2.75, 3.05) is 47.5 Å². The van der Waals surface area contributed by atoms with Gasteiger partial charge in [-0.1, -0.05) is 258 Å². The standard InChI is InChI=1S/C70H119NO8/c1-6-8-10-12-14-16-18-20-22-24-25-26-27-28-29-30-31-32-33-34-35-36-37-38-39-40-41-42-43-45-47-49-51-53-55-57-59-61-68(73)79-66(65-78-70(69(74)75)76-63-62-71(3,4)5)64-77-67(72)60-58-56-54-52-50-48-46-44-23-21-19-17-15-13-11-9-7-2/h8-11,14-17,20-23,25-26,28-29,46,48,66,70H,6-7,12-13,18-19,24,27,30-45,47,49-65H2,1-5H3/p+1/b10-8-,11-9-,16-14-,17-15-,22-20-,23-21-,26-25-,29-28-,48-46-. The number of hydrogen-bond donors (Lipinski definition) is 1. The first-order valence-corrected chi connectivity index (χ1v) is 32.1. The lowest BCUT2D eigenvalue weighted by Crippen LogP contribution is -2.40. The van der Waals surface area contributed by atoms with Crippen LogP contribution in [0.25, 0.3) is 0 Å². The van der Waals surface area contributed by atoms with Gasteiger partial charge in [-0.15, -0.1) is 0 Å². The average Bonchev–Trinajstić information content (AvgIpc) is 3.42. The van der Waals surface area contributed by atoms with Crippen LogP contribution in [0, 0.1) is 0 Å². The number of aliphatic carboxylic acids is 1. The molecule has 2 atom stereocenters. The molecule has 452 valence electrons. The number of rotatable bonds is 58. The van der Waals surface area contributed by atoms with Crippen molar-refractivity contribution < 1.29 is 42.9 Å². The molecular formula is C70H120NO8+. The number of carbonyl (C=O) groups is 3. The fourth-order valence-corrected chi connectivity index (χ4v) is 8.68. The molecule has 0 amide bonds. The molecule has 0 fully saturated rings. The predicted octanol–water partition coefficient (Wildman–Crippen LogP) is 19.5. The van der Waals surface area contributed by atoms with Gasteiger partial charge in [0.2, 0.25) is 0 Å². The Morgan fingerprint density at radius 1 is 0.380 bits per heavy atom. The van der Waals surface area contributed by atoms with Crippen LogP contribution in [-0.2, 0) is 33.3 Å². The van der Waals surface area contributed by atoms with Crippen LogP contribution in [0.1, 0.15) is 258 Å². The second-order valence-corrected chi connectivity index (χ2v) is 22.3. The molecule has 0 aliphatic rings. The summed E-state index contributed by atoms with van der Waals surface area (Å²) in [6, 6.07) is 0. The Labute approximate surface area is 485 Å². The molecule has 0 heterocycles. The number of nitrogens with zero attached hydrogens (tertiary/aromatic N) is 1. The molecule has 0 saturated heterocycles. The Bertz CT molecular complexity index is 1660. The maximum atomic E-state index is 12.9. The molecule has 0 bridgehead atoms. The number of hydrogen-bond acceptors (Lipinski definition) is 7. The smallest absolute Gasteiger partial charge is 0.361 e. The van der Waals surface area contributed by atoms with Crippen LogP contribution in [0.5, 0.6) is 0 Å². The highest BCUT2D eigenvalue weighted by Gasteiger charge is 2.25. The zero-order valence-corrected chi connectivity index (χ0v) is 51.5. The summed E-state index contributed by atoms with van der Waals surface area (Å²) in [6.07, 6.45) is 80.6. The van der Waals surface area contributed by atoms with Gasteiger partial charge in [0, 0.05) is 12.8 Å². The van der Waals surface area contributed by atoms with Gasteiger partial charge in [-0.3, -0.25) is 9.59 Å². The van der Waals surface area contributed by atoms with Gasteiger partial charge < -0.3 is 28.5 Å². The molecular weight excluding hydrogens is 983 g/mol. The molecule has 0 aromatic heterocycles. The number of allylic oxidation sites excluding steroid dienone is 18. The SMILES string of the molecule is CC/C=C\C/C=C\C/C=C\C/C=C\C/C=C\CCCCCCCCCCCCCCCCCCCCCCCC(=O)OC(COC(=O)CCCCCC/C=C\C/C=C\C/C=C\C/C=C\CC)COC(OCC[N+](C)(C)C)C(=O)O. The maximum Gasteiger partial charge on any atom is 0.361 e. The topological polar surface area (TPSA) is 108 Å². The molecule has 0 spiro atoms. The van der Waals surface area contributed by atoms with Gasteiger partial charge >= 0.3 is 17.9 Å². The minimum absolute atomic E-state index is 0.180. The molecule has 0 aliphatic carbocycles. The van der Waals surface area contributed by atoms with Crippen molar-refractivity contribution >= 4 is 17.9 Å². The van der Waals surface area contributed by atoms with Crippen LogP contribution in [0.2, 0.25) is 0 Å². The normalized spacial score (nSPS) is 13.5. The van der Waals surface area contributed by atoms with E-state index in [1.807, 2.05) is 21.1 Å². The van der Waals surface area contributed by atoms with E-state index in [-0.39, 0.29) is 38.6 Å². The molecule has 0 aromatic rings. The van der Waals surface area contributed by atoms with Crippen LogP contribution in [0.3, 0.4) is 0 Å². The average molecular weight is 1100 g/mol. The Balaban J connectivity index is 4.07. The molecule has 9 heteroatoms. The third kappa shape index (κ3) is 61.4. The molecule has 79 heavy (non-hydrogen) atoms. The Kier molecular flexibility index (Phi) is 57.0. The second-order valence-electron chi connectivity index (χ2n) is 22.3. The molecule has 0 saturated carbocycles. The van der Waals surface area contributed by atoms with E-state index in [0.717, 1.165) is 96.3 Å². The van der Waals surface area contributed by atoms with Crippen molar-refractivity contribution in [3.05, 3.63) is 109 Å². The summed E-state index contributed by atoms with van der Waals surface area (Å²) in [4.78, 5) is 37.5. The van der Waals surface area contributed by atoms with Gasteiger partial charge in [-0.05, 0) is 96.3 Å². The first kappa shape index (κ1) is 75.0. The largest absolute Gasteiger partial charge is 0.477 e. The number of ether oxygens (including phenoxy) is 4. The Morgan fingerprint density at radius 2 is 0.684 bits per heavy atom. The zero-order valence-electron chi connectivity index (χ0n) is 51.5. The van der Waals surface area contributed by atoms with Crippen molar-refractivity contribution in [2.24, 2.45) is 0 Å². The van der Waals surface area contributed by atoms with E-state index < -0.39 is 24.3 Å². The van der Waals surface area contributed by atoms with Crippen LogP contribution >= 0.6 is 0 Å². The first-order valence-electron chi connectivity index (χ1n) is 32.1. The summed E-state index contributed by atoms with van der Waals surface area (Å²) in [5.74, 6) is -2.04. The lowest BCUT2D eigenvalue weighted by molar-refractivity contribution is -0.870. The number of unbranched alkanes of at least 4 members (excludes halogenated alkanes) is 25. The molecule has 2 unspecified atom stereocenters. The van der Waals surface area contributed by atoms with E-state index in [1.54, 1.807) is 0 Å². The van der Waals surface area contributed by atoms with Crippen molar-refractivity contribution in [3.63, 3.8) is 0 Å². The van der Waals surface area contributed by atoms with Crippen molar-refractivity contribution in [3.8, 4) is 0 Å². The Morgan fingerprint density at radius 3 is 1.01 bits per heavy atom. The maximum absolute atomic E-state index is 12.9. The highest BCUT2D eigenvalue weighted by molar-refractivity contribution is 5.71. The lowest BCUT2D eigenvalue weighted by atomic mass is 10.0. The quantitative estimate of drug-likeness (QED) is 0.0211.